The average molecular weight is 420 g/mol. The Morgan fingerprint density at radius 3 is 2.83 bits per heavy atom. The standard InChI is InChI=1S/C18H24N6O4S/c1-12-10-16(24(21-12)9-5-7-19)20-18(25)15-6-4-8-23(11-15)29(26,27)17-13(2)22-28-14(17)3/h10,15H,4-6,8-9,11H2,1-3H3,(H,20,25). The van der Waals surface area contributed by atoms with Crippen molar-refractivity contribution in [2.75, 3.05) is 18.4 Å². The van der Waals surface area contributed by atoms with E-state index in [1.54, 1.807) is 31.5 Å². The minimum absolute atomic E-state index is 0.0729. The Morgan fingerprint density at radius 1 is 1.41 bits per heavy atom. The molecule has 156 valence electrons. The third kappa shape index (κ3) is 4.33. The van der Waals surface area contributed by atoms with Crippen LogP contribution in [0.1, 0.15) is 36.4 Å². The van der Waals surface area contributed by atoms with Crippen molar-refractivity contribution in [2.45, 2.75) is 51.5 Å². The van der Waals surface area contributed by atoms with Gasteiger partial charge in [0.2, 0.25) is 15.9 Å². The van der Waals surface area contributed by atoms with Crippen molar-refractivity contribution in [3.05, 3.63) is 23.2 Å². The first-order chi connectivity index (χ1) is 13.7. The smallest absolute Gasteiger partial charge is 0.248 e. The molecular formula is C18H24N6O4S. The van der Waals surface area contributed by atoms with E-state index in [0.29, 0.717) is 37.4 Å². The molecule has 1 amide bonds. The maximum absolute atomic E-state index is 13.0. The van der Waals surface area contributed by atoms with Crippen LogP contribution in [-0.4, -0.2) is 46.7 Å². The molecule has 1 unspecified atom stereocenters. The molecule has 0 spiro atoms. The fourth-order valence-corrected chi connectivity index (χ4v) is 5.36. The van der Waals surface area contributed by atoms with Crippen molar-refractivity contribution >= 4 is 21.7 Å². The second-order valence-electron chi connectivity index (χ2n) is 7.15. The van der Waals surface area contributed by atoms with E-state index in [0.717, 1.165) is 5.69 Å². The second kappa shape index (κ2) is 8.34. The van der Waals surface area contributed by atoms with Gasteiger partial charge in [-0.1, -0.05) is 5.16 Å². The molecule has 0 aromatic carbocycles. The Balaban J connectivity index is 1.74. The van der Waals surface area contributed by atoms with E-state index >= 15 is 0 Å². The normalized spacial score (nSPS) is 17.8. The lowest BCUT2D eigenvalue weighted by molar-refractivity contribution is -0.120. The van der Waals surface area contributed by atoms with E-state index < -0.39 is 15.9 Å². The van der Waals surface area contributed by atoms with Crippen LogP contribution in [-0.2, 0) is 21.4 Å². The number of hydrogen-bond donors (Lipinski definition) is 1. The molecular weight excluding hydrogens is 396 g/mol. The molecule has 10 nitrogen and oxygen atoms in total. The molecule has 0 radical (unpaired) electrons. The lowest BCUT2D eigenvalue weighted by Gasteiger charge is -2.31. The van der Waals surface area contributed by atoms with Gasteiger partial charge in [-0.3, -0.25) is 4.79 Å². The fourth-order valence-electron chi connectivity index (χ4n) is 3.55. The van der Waals surface area contributed by atoms with Gasteiger partial charge in [-0.2, -0.15) is 14.7 Å². The molecule has 3 rings (SSSR count). The first-order valence-corrected chi connectivity index (χ1v) is 10.8. The van der Waals surface area contributed by atoms with Gasteiger partial charge in [-0.25, -0.2) is 13.1 Å². The monoisotopic (exact) mass is 420 g/mol. The summed E-state index contributed by atoms with van der Waals surface area (Å²) in [5, 5.41) is 19.6. The van der Waals surface area contributed by atoms with Crippen molar-refractivity contribution in [3.8, 4) is 6.07 Å². The fraction of sp³-hybridized carbons (Fsp3) is 0.556. The van der Waals surface area contributed by atoms with E-state index in [1.807, 2.05) is 0 Å². The number of nitriles is 1. The Morgan fingerprint density at radius 2 is 2.17 bits per heavy atom. The number of carbonyl (C=O) groups is 1. The van der Waals surface area contributed by atoms with Crippen LogP contribution in [0.5, 0.6) is 0 Å². The summed E-state index contributed by atoms with van der Waals surface area (Å²) in [6, 6.07) is 3.79. The van der Waals surface area contributed by atoms with Crippen LogP contribution in [0.25, 0.3) is 0 Å². The zero-order valence-corrected chi connectivity index (χ0v) is 17.5. The molecule has 1 saturated heterocycles. The Kier molecular flexibility index (Phi) is 6.04. The zero-order chi connectivity index (χ0) is 21.2. The highest BCUT2D eigenvalue weighted by atomic mass is 32.2. The number of anilines is 1. The van der Waals surface area contributed by atoms with Gasteiger partial charge < -0.3 is 9.84 Å². The van der Waals surface area contributed by atoms with Crippen molar-refractivity contribution in [2.24, 2.45) is 5.92 Å². The highest BCUT2D eigenvalue weighted by Gasteiger charge is 2.36. The maximum Gasteiger partial charge on any atom is 0.248 e. The van der Waals surface area contributed by atoms with E-state index in [-0.39, 0.29) is 29.5 Å². The summed E-state index contributed by atoms with van der Waals surface area (Å²) in [5.41, 5.74) is 1.04. The maximum atomic E-state index is 13.0. The van der Waals surface area contributed by atoms with Gasteiger partial charge in [0.1, 0.15) is 16.4 Å². The minimum atomic E-state index is -3.79. The number of piperidine rings is 1. The number of hydrogen-bond acceptors (Lipinski definition) is 7. The van der Waals surface area contributed by atoms with Crippen LogP contribution in [0.15, 0.2) is 15.5 Å². The average Bonchev–Trinajstić information content (AvgIpc) is 3.21. The van der Waals surface area contributed by atoms with Gasteiger partial charge >= 0.3 is 0 Å². The first kappa shape index (κ1) is 21.0. The molecule has 29 heavy (non-hydrogen) atoms. The number of sulfonamides is 1. The van der Waals surface area contributed by atoms with E-state index in [2.05, 4.69) is 21.6 Å². The van der Waals surface area contributed by atoms with Crippen LogP contribution in [0, 0.1) is 38.0 Å². The summed E-state index contributed by atoms with van der Waals surface area (Å²) < 4.78 is 34.0. The lowest BCUT2D eigenvalue weighted by Crippen LogP contribution is -2.44. The molecule has 0 saturated carbocycles. The van der Waals surface area contributed by atoms with Crippen LogP contribution >= 0.6 is 0 Å². The zero-order valence-electron chi connectivity index (χ0n) is 16.7. The summed E-state index contributed by atoms with van der Waals surface area (Å²) >= 11 is 0. The molecule has 2 aromatic heterocycles. The van der Waals surface area contributed by atoms with E-state index in [4.69, 9.17) is 9.78 Å². The van der Waals surface area contributed by atoms with Crippen LogP contribution < -0.4 is 5.32 Å². The molecule has 1 atom stereocenters. The summed E-state index contributed by atoms with van der Waals surface area (Å²) in [6.45, 7) is 5.75. The summed E-state index contributed by atoms with van der Waals surface area (Å²) in [4.78, 5) is 12.9. The lowest BCUT2D eigenvalue weighted by atomic mass is 9.99. The minimum Gasteiger partial charge on any atom is -0.360 e. The second-order valence-corrected chi connectivity index (χ2v) is 9.02. The number of rotatable bonds is 6. The quantitative estimate of drug-likeness (QED) is 0.752. The van der Waals surface area contributed by atoms with Gasteiger partial charge in [0.05, 0.1) is 30.6 Å². The van der Waals surface area contributed by atoms with Crippen LogP contribution in [0.2, 0.25) is 0 Å². The summed E-state index contributed by atoms with van der Waals surface area (Å²) in [7, 11) is -3.79. The third-order valence-electron chi connectivity index (χ3n) is 4.91. The Hall–Kier alpha value is -2.71. The molecule has 1 N–H and O–H groups in total. The van der Waals surface area contributed by atoms with Gasteiger partial charge in [0.15, 0.2) is 5.76 Å². The summed E-state index contributed by atoms with van der Waals surface area (Å²) in [6.07, 6.45) is 1.44. The predicted octanol–water partition coefficient (Wildman–Crippen LogP) is 1.75. The summed E-state index contributed by atoms with van der Waals surface area (Å²) in [5.74, 6) is -0.000195. The molecule has 1 fully saturated rings. The van der Waals surface area contributed by atoms with Crippen molar-refractivity contribution in [1.29, 1.82) is 5.26 Å². The molecule has 2 aromatic rings. The third-order valence-corrected chi connectivity index (χ3v) is 7.02. The number of aryl methyl sites for hydroxylation is 4. The molecule has 3 heterocycles. The number of nitrogens with one attached hydrogen (secondary N) is 1. The predicted molar refractivity (Wildman–Crippen MR) is 103 cm³/mol. The van der Waals surface area contributed by atoms with Crippen LogP contribution in [0.4, 0.5) is 5.82 Å². The number of amides is 1. The Bertz CT molecular complexity index is 1030. The highest BCUT2D eigenvalue weighted by molar-refractivity contribution is 7.89. The van der Waals surface area contributed by atoms with Crippen molar-refractivity contribution < 1.29 is 17.7 Å². The topological polar surface area (TPSA) is 134 Å². The highest BCUT2D eigenvalue weighted by Crippen LogP contribution is 2.28. The SMILES string of the molecule is Cc1cc(NC(=O)C2CCCN(S(=O)(=O)c3c(C)noc3C)C2)n(CCC#N)n1. The van der Waals surface area contributed by atoms with E-state index in [1.165, 1.54) is 4.31 Å². The van der Waals surface area contributed by atoms with Gasteiger partial charge in [-0.05, 0) is 33.6 Å². The van der Waals surface area contributed by atoms with Gasteiger partial charge in [-0.15, -0.1) is 0 Å². The van der Waals surface area contributed by atoms with Crippen molar-refractivity contribution in [3.63, 3.8) is 0 Å². The molecule has 0 aliphatic carbocycles. The molecule has 1 aliphatic rings. The largest absolute Gasteiger partial charge is 0.360 e. The van der Waals surface area contributed by atoms with E-state index in [9.17, 15) is 13.2 Å². The molecule has 1 aliphatic heterocycles. The number of carbonyl (C=O) groups excluding carboxylic acids is 1. The van der Waals surface area contributed by atoms with Crippen LogP contribution in [0.3, 0.4) is 0 Å². The number of nitrogens with zero attached hydrogens (tertiary/aromatic N) is 5. The van der Waals surface area contributed by atoms with Crippen molar-refractivity contribution in [1.82, 2.24) is 19.2 Å². The van der Waals surface area contributed by atoms with Gasteiger partial charge in [0.25, 0.3) is 0 Å². The number of aromatic nitrogens is 3. The molecule has 0 bridgehead atoms. The Labute approximate surface area is 169 Å². The molecule has 11 heteroatoms. The van der Waals surface area contributed by atoms with Gasteiger partial charge in [0, 0.05) is 19.2 Å². The first-order valence-electron chi connectivity index (χ1n) is 9.39.